The Morgan fingerprint density at radius 2 is 2.12 bits per heavy atom. The highest BCUT2D eigenvalue weighted by molar-refractivity contribution is 5.60. The number of hydrogen-bond donors (Lipinski definition) is 1. The fourth-order valence-corrected chi connectivity index (χ4v) is 1.65. The van der Waals surface area contributed by atoms with Gasteiger partial charge in [0.05, 0.1) is 11.6 Å². The summed E-state index contributed by atoms with van der Waals surface area (Å²) in [6, 6.07) is 9.95. The maximum atomic E-state index is 9.02. The molecule has 0 saturated heterocycles. The van der Waals surface area contributed by atoms with Crippen molar-refractivity contribution >= 4 is 6.08 Å². The molecule has 2 heteroatoms. The second kappa shape index (κ2) is 7.65. The minimum Gasteiger partial charge on any atom is -0.313 e. The number of benzene rings is 1. The van der Waals surface area contributed by atoms with E-state index in [1.807, 2.05) is 24.3 Å². The van der Waals surface area contributed by atoms with Gasteiger partial charge in [-0.05, 0) is 31.0 Å². The van der Waals surface area contributed by atoms with Gasteiger partial charge in [0.2, 0.25) is 0 Å². The first kappa shape index (κ1) is 13.5. The lowest BCUT2D eigenvalue weighted by molar-refractivity contribution is 0.706. The summed E-state index contributed by atoms with van der Waals surface area (Å²) >= 11 is 0. The summed E-state index contributed by atoms with van der Waals surface area (Å²) in [5, 5.41) is 12.4. The lowest BCUT2D eigenvalue weighted by atomic mass is 10.0. The first-order valence-corrected chi connectivity index (χ1v) is 6.21. The molecular formula is C15H20N2. The fraction of sp³-hybridized carbons (Fsp3) is 0.400. The van der Waals surface area contributed by atoms with Crippen molar-refractivity contribution in [2.75, 3.05) is 13.1 Å². The van der Waals surface area contributed by atoms with Crippen LogP contribution in [0.2, 0.25) is 0 Å². The van der Waals surface area contributed by atoms with Crippen LogP contribution in [0.25, 0.3) is 6.08 Å². The molecule has 1 aromatic carbocycles. The van der Waals surface area contributed by atoms with Crippen LogP contribution >= 0.6 is 0 Å². The molecule has 0 spiro atoms. The van der Waals surface area contributed by atoms with Crippen molar-refractivity contribution in [2.24, 2.45) is 0 Å². The van der Waals surface area contributed by atoms with Crippen LogP contribution in [0.3, 0.4) is 0 Å². The average Bonchev–Trinajstić information content (AvgIpc) is 2.38. The molecule has 0 heterocycles. The van der Waals surface area contributed by atoms with Crippen molar-refractivity contribution in [1.82, 2.24) is 5.32 Å². The molecule has 90 valence electrons. The van der Waals surface area contributed by atoms with Crippen LogP contribution in [0, 0.1) is 11.3 Å². The molecule has 2 nitrogen and oxygen atoms in total. The number of nitrogens with zero attached hydrogens (tertiary/aromatic N) is 1. The molecule has 1 aromatic rings. The van der Waals surface area contributed by atoms with Crippen molar-refractivity contribution in [3.63, 3.8) is 0 Å². The van der Waals surface area contributed by atoms with Gasteiger partial charge in [0.15, 0.2) is 0 Å². The van der Waals surface area contributed by atoms with Crippen LogP contribution in [0.15, 0.2) is 29.8 Å². The summed E-state index contributed by atoms with van der Waals surface area (Å²) in [4.78, 5) is 0. The Hall–Kier alpha value is -1.59. The van der Waals surface area contributed by atoms with Crippen LogP contribution in [0.1, 0.15) is 37.8 Å². The van der Waals surface area contributed by atoms with Gasteiger partial charge in [-0.2, -0.15) is 5.26 Å². The van der Waals surface area contributed by atoms with E-state index in [4.69, 9.17) is 5.26 Å². The van der Waals surface area contributed by atoms with Crippen LogP contribution < -0.4 is 5.32 Å². The van der Waals surface area contributed by atoms with E-state index in [0.29, 0.717) is 0 Å². The van der Waals surface area contributed by atoms with E-state index >= 15 is 0 Å². The molecule has 17 heavy (non-hydrogen) atoms. The Bertz CT molecular complexity index is 413. The SMILES string of the molecule is CCCNC/C(=C/c1ccccc1C#N)CC. The largest absolute Gasteiger partial charge is 0.313 e. The average molecular weight is 228 g/mol. The minimum atomic E-state index is 0.744. The Morgan fingerprint density at radius 1 is 1.35 bits per heavy atom. The molecule has 0 amide bonds. The first-order chi connectivity index (χ1) is 8.31. The molecular weight excluding hydrogens is 208 g/mol. The van der Waals surface area contributed by atoms with Crippen molar-refractivity contribution in [3.8, 4) is 6.07 Å². The molecule has 0 bridgehead atoms. The molecule has 0 aliphatic heterocycles. The summed E-state index contributed by atoms with van der Waals surface area (Å²) in [6.07, 6.45) is 4.28. The minimum absolute atomic E-state index is 0.744. The highest BCUT2D eigenvalue weighted by Gasteiger charge is 1.99. The molecule has 1 rings (SSSR count). The summed E-state index contributed by atoms with van der Waals surface area (Å²) in [5.41, 5.74) is 3.10. The summed E-state index contributed by atoms with van der Waals surface area (Å²) < 4.78 is 0. The topological polar surface area (TPSA) is 35.8 Å². The van der Waals surface area contributed by atoms with Gasteiger partial charge in [0, 0.05) is 6.54 Å². The van der Waals surface area contributed by atoms with E-state index in [1.165, 1.54) is 5.57 Å². The smallest absolute Gasteiger partial charge is 0.0997 e. The van der Waals surface area contributed by atoms with Crippen LogP contribution in [-0.4, -0.2) is 13.1 Å². The van der Waals surface area contributed by atoms with E-state index in [1.54, 1.807) is 0 Å². The molecule has 0 unspecified atom stereocenters. The zero-order valence-electron chi connectivity index (χ0n) is 10.7. The van der Waals surface area contributed by atoms with Crippen molar-refractivity contribution < 1.29 is 0 Å². The van der Waals surface area contributed by atoms with Crippen molar-refractivity contribution in [3.05, 3.63) is 41.0 Å². The third kappa shape index (κ3) is 4.42. The summed E-state index contributed by atoms with van der Waals surface area (Å²) in [6.45, 7) is 6.25. The monoisotopic (exact) mass is 228 g/mol. The highest BCUT2D eigenvalue weighted by Crippen LogP contribution is 2.13. The second-order valence-electron chi connectivity index (χ2n) is 4.03. The van der Waals surface area contributed by atoms with E-state index in [2.05, 4.69) is 31.3 Å². The fourth-order valence-electron chi connectivity index (χ4n) is 1.65. The van der Waals surface area contributed by atoms with E-state index in [0.717, 1.165) is 37.1 Å². The van der Waals surface area contributed by atoms with Gasteiger partial charge in [-0.15, -0.1) is 0 Å². The van der Waals surface area contributed by atoms with Gasteiger partial charge in [0.25, 0.3) is 0 Å². The zero-order chi connectivity index (χ0) is 12.5. The molecule has 0 fully saturated rings. The van der Waals surface area contributed by atoms with Gasteiger partial charge in [0.1, 0.15) is 0 Å². The number of hydrogen-bond acceptors (Lipinski definition) is 2. The predicted molar refractivity (Wildman–Crippen MR) is 72.6 cm³/mol. The number of nitrogens with one attached hydrogen (secondary N) is 1. The Kier molecular flexibility index (Phi) is 6.06. The zero-order valence-corrected chi connectivity index (χ0v) is 10.7. The Labute approximate surface area is 104 Å². The van der Waals surface area contributed by atoms with Crippen LogP contribution in [-0.2, 0) is 0 Å². The van der Waals surface area contributed by atoms with Gasteiger partial charge >= 0.3 is 0 Å². The van der Waals surface area contributed by atoms with Crippen molar-refractivity contribution in [2.45, 2.75) is 26.7 Å². The lowest BCUT2D eigenvalue weighted by Gasteiger charge is -2.07. The molecule has 0 aromatic heterocycles. The second-order valence-corrected chi connectivity index (χ2v) is 4.03. The summed E-state index contributed by atoms with van der Waals surface area (Å²) in [5.74, 6) is 0. The molecule has 1 N–H and O–H groups in total. The van der Waals surface area contributed by atoms with Gasteiger partial charge in [-0.25, -0.2) is 0 Å². The lowest BCUT2D eigenvalue weighted by Crippen LogP contribution is -2.17. The molecule has 0 saturated carbocycles. The first-order valence-electron chi connectivity index (χ1n) is 6.21. The third-order valence-electron chi connectivity index (χ3n) is 2.67. The molecule has 0 aliphatic rings. The predicted octanol–water partition coefficient (Wildman–Crippen LogP) is 3.35. The van der Waals surface area contributed by atoms with E-state index in [-0.39, 0.29) is 0 Å². The maximum Gasteiger partial charge on any atom is 0.0997 e. The van der Waals surface area contributed by atoms with Crippen molar-refractivity contribution in [1.29, 1.82) is 5.26 Å². The summed E-state index contributed by atoms with van der Waals surface area (Å²) in [7, 11) is 0. The Balaban J connectivity index is 2.79. The molecule has 0 radical (unpaired) electrons. The Morgan fingerprint density at radius 3 is 2.76 bits per heavy atom. The van der Waals surface area contributed by atoms with E-state index < -0.39 is 0 Å². The van der Waals surface area contributed by atoms with Gasteiger partial charge in [-0.3, -0.25) is 0 Å². The van der Waals surface area contributed by atoms with E-state index in [9.17, 15) is 0 Å². The standard InChI is InChI=1S/C15H20N2/c1-3-9-17-12-13(4-2)10-14-7-5-6-8-15(14)11-16/h5-8,10,17H,3-4,9,12H2,1-2H3/b13-10+. The number of nitriles is 1. The molecule has 0 aliphatic carbocycles. The normalized spacial score (nSPS) is 11.2. The van der Waals surface area contributed by atoms with Crippen LogP contribution in [0.5, 0.6) is 0 Å². The van der Waals surface area contributed by atoms with Gasteiger partial charge < -0.3 is 5.32 Å². The van der Waals surface area contributed by atoms with Gasteiger partial charge in [-0.1, -0.05) is 43.7 Å². The quantitative estimate of drug-likeness (QED) is 0.758. The molecule has 0 atom stereocenters. The maximum absolute atomic E-state index is 9.02. The third-order valence-corrected chi connectivity index (χ3v) is 2.67. The highest BCUT2D eigenvalue weighted by atomic mass is 14.8. The number of rotatable bonds is 6. The van der Waals surface area contributed by atoms with Crippen LogP contribution in [0.4, 0.5) is 0 Å².